The van der Waals surface area contributed by atoms with Crippen molar-refractivity contribution in [3.63, 3.8) is 0 Å². The Labute approximate surface area is 221 Å². The summed E-state index contributed by atoms with van der Waals surface area (Å²) in [4.78, 5) is 4.29. The number of hydrogen-bond donors (Lipinski definition) is 2. The first-order chi connectivity index (χ1) is 18.4. The second-order valence-corrected chi connectivity index (χ2v) is 9.81. The quantitative estimate of drug-likeness (QED) is 0.0406. The maximum Gasteiger partial charge on any atom is 0.299 e. The lowest BCUT2D eigenvalue weighted by atomic mass is 10.1. The van der Waals surface area contributed by atoms with Crippen LogP contribution in [0.1, 0.15) is 0 Å². The summed E-state index contributed by atoms with van der Waals surface area (Å²) >= 11 is 0.648. The third-order valence-corrected chi connectivity index (χ3v) is 6.97. The van der Waals surface area contributed by atoms with E-state index in [1.807, 2.05) is 6.07 Å². The molecule has 0 fully saturated rings. The van der Waals surface area contributed by atoms with Crippen LogP contribution in [0, 0.1) is 0 Å². The van der Waals surface area contributed by atoms with Crippen molar-refractivity contribution >= 4 is 61.4 Å². The molecule has 0 radical (unpaired) electrons. The molecule has 14 heteroatoms. The molecular weight excluding hydrogens is 534 g/mol. The average molecular weight is 556 g/mol. The predicted octanol–water partition coefficient (Wildman–Crippen LogP) is 6.81. The van der Waals surface area contributed by atoms with E-state index in [-0.39, 0.29) is 37.6 Å². The summed E-state index contributed by atoms with van der Waals surface area (Å²) in [5, 5.41) is 32.6. The molecule has 0 saturated heterocycles. The fourth-order valence-electron chi connectivity index (χ4n) is 3.34. The van der Waals surface area contributed by atoms with Gasteiger partial charge in [-0.25, -0.2) is 4.89 Å². The van der Waals surface area contributed by atoms with Crippen molar-refractivity contribution in [2.24, 2.45) is 20.5 Å². The molecule has 12 nitrogen and oxygen atoms in total. The van der Waals surface area contributed by atoms with Gasteiger partial charge < -0.3 is 10.8 Å². The number of hydrogen-bond acceptors (Lipinski definition) is 13. The van der Waals surface area contributed by atoms with E-state index in [0.717, 1.165) is 7.11 Å². The summed E-state index contributed by atoms with van der Waals surface area (Å²) in [6.07, 6.45) is 0. The molecule has 38 heavy (non-hydrogen) atoms. The number of nitrogens with two attached hydrogens (primary N) is 1. The highest BCUT2D eigenvalue weighted by Gasteiger charge is 2.26. The van der Waals surface area contributed by atoms with Gasteiger partial charge in [-0.15, -0.1) is 14.6 Å². The van der Waals surface area contributed by atoms with Gasteiger partial charge in [-0.2, -0.15) is 18.6 Å². The minimum absolute atomic E-state index is 0.0222. The molecule has 0 heterocycles. The van der Waals surface area contributed by atoms with E-state index in [1.165, 1.54) is 19.2 Å². The van der Waals surface area contributed by atoms with Gasteiger partial charge in [0.15, 0.2) is 5.75 Å². The van der Waals surface area contributed by atoms with Gasteiger partial charge in [0.1, 0.15) is 16.3 Å². The van der Waals surface area contributed by atoms with E-state index in [0.29, 0.717) is 23.4 Å². The zero-order valence-electron chi connectivity index (χ0n) is 20.0. The van der Waals surface area contributed by atoms with Crippen molar-refractivity contribution in [3.05, 3.63) is 72.8 Å². The second-order valence-electron chi connectivity index (χ2n) is 7.38. The molecule has 4 aromatic carbocycles. The highest BCUT2D eigenvalue weighted by Crippen LogP contribution is 2.49. The monoisotopic (exact) mass is 555 g/mol. The molecule has 3 N–H and O–H groups in total. The van der Waals surface area contributed by atoms with Gasteiger partial charge in [0, 0.05) is 0 Å². The van der Waals surface area contributed by atoms with E-state index in [4.69, 9.17) is 14.3 Å². The summed E-state index contributed by atoms with van der Waals surface area (Å²) in [5.74, 6) is -0.402. The Hall–Kier alpha value is -3.92. The number of phenols is 1. The van der Waals surface area contributed by atoms with Crippen LogP contribution in [0.2, 0.25) is 0 Å². The first-order valence-electron chi connectivity index (χ1n) is 10.8. The number of phenolic OH excluding ortho intramolecular Hbond substituents is 1. The number of rotatable bonds is 10. The molecular formula is C24H21N5O7S2. The van der Waals surface area contributed by atoms with Crippen LogP contribution in [0.4, 0.5) is 28.4 Å². The zero-order valence-corrected chi connectivity index (χ0v) is 21.6. The molecule has 0 aromatic heterocycles. The molecule has 4 aromatic rings. The van der Waals surface area contributed by atoms with Gasteiger partial charge in [0.2, 0.25) is 0 Å². The SMILES string of the molecule is COOOSc1cc2cc(S(=O)(=O)OC)c(N=Nc3ccccc3)c(N)c2c(O)c1N=Nc1ccccc1. The standard InChI is InChI=1S/C24H21N5O7S2/c1-33-35-36-37-18-13-15-14-19(38(31,32)34-2)23(29-27-17-11-7-4-8-12-17)21(25)20(15)24(30)22(18)28-26-16-9-5-3-6-10-16/h3-14,30H,25H2,1-2H3. The molecule has 0 saturated carbocycles. The Bertz CT molecular complexity index is 1600. The fourth-order valence-corrected chi connectivity index (χ4v) is 4.72. The maximum absolute atomic E-state index is 12.8. The zero-order chi connectivity index (χ0) is 27.1. The van der Waals surface area contributed by atoms with Crippen LogP contribution in [-0.2, 0) is 28.6 Å². The van der Waals surface area contributed by atoms with Crippen LogP contribution in [0.25, 0.3) is 10.8 Å². The molecule has 0 amide bonds. The Morgan fingerprint density at radius 3 is 1.97 bits per heavy atom. The van der Waals surface area contributed by atoms with Gasteiger partial charge >= 0.3 is 0 Å². The number of fused-ring (bicyclic) bond motifs is 1. The molecule has 4 rings (SSSR count). The van der Waals surface area contributed by atoms with Crippen LogP contribution >= 0.6 is 12.0 Å². The van der Waals surface area contributed by atoms with Gasteiger partial charge in [0.05, 0.1) is 53.6 Å². The molecule has 0 aliphatic rings. The smallest absolute Gasteiger partial charge is 0.299 e. The Balaban J connectivity index is 1.96. The molecule has 0 bridgehead atoms. The summed E-state index contributed by atoms with van der Waals surface area (Å²) < 4.78 is 35.2. The lowest BCUT2D eigenvalue weighted by Crippen LogP contribution is -2.05. The highest BCUT2D eigenvalue weighted by molar-refractivity contribution is 7.94. The molecule has 196 valence electrons. The molecule has 0 aliphatic carbocycles. The topological polar surface area (TPSA) is 167 Å². The largest absolute Gasteiger partial charge is 0.505 e. The number of benzene rings is 4. The number of nitrogen functional groups attached to an aromatic ring is 1. The normalized spacial score (nSPS) is 12.2. The number of anilines is 1. The number of aromatic hydroxyl groups is 1. The second kappa shape index (κ2) is 12.1. The molecule has 0 spiro atoms. The van der Waals surface area contributed by atoms with Gasteiger partial charge in [-0.05, 0) is 41.8 Å². The minimum atomic E-state index is -4.29. The third-order valence-electron chi connectivity index (χ3n) is 5.07. The van der Waals surface area contributed by atoms with Crippen molar-refractivity contribution in [1.29, 1.82) is 0 Å². The third kappa shape index (κ3) is 5.96. The Morgan fingerprint density at radius 2 is 1.42 bits per heavy atom. The highest BCUT2D eigenvalue weighted by atomic mass is 32.2. The van der Waals surface area contributed by atoms with Crippen LogP contribution in [0.15, 0.2) is 103 Å². The van der Waals surface area contributed by atoms with E-state index >= 15 is 0 Å². The molecule has 0 unspecified atom stereocenters. The van der Waals surface area contributed by atoms with E-state index in [2.05, 4.69) is 30.4 Å². The minimum Gasteiger partial charge on any atom is -0.505 e. The first-order valence-corrected chi connectivity index (χ1v) is 12.9. The average Bonchev–Trinajstić information content (AvgIpc) is 2.93. The lowest BCUT2D eigenvalue weighted by Gasteiger charge is -2.15. The number of nitrogens with zero attached hydrogens (tertiary/aromatic N) is 4. The maximum atomic E-state index is 12.8. The molecule has 0 aliphatic heterocycles. The number of azo groups is 2. The van der Waals surface area contributed by atoms with E-state index < -0.39 is 15.9 Å². The summed E-state index contributed by atoms with van der Waals surface area (Å²) in [6, 6.07) is 20.2. The van der Waals surface area contributed by atoms with Gasteiger partial charge in [0.25, 0.3) is 10.1 Å². The molecule has 0 atom stereocenters. The van der Waals surface area contributed by atoms with Crippen molar-refractivity contribution < 1.29 is 32.0 Å². The Kier molecular flexibility index (Phi) is 8.62. The van der Waals surface area contributed by atoms with Gasteiger partial charge in [-0.3, -0.25) is 4.18 Å². The van der Waals surface area contributed by atoms with Crippen LogP contribution < -0.4 is 5.73 Å². The Morgan fingerprint density at radius 1 is 0.842 bits per heavy atom. The summed E-state index contributed by atoms with van der Waals surface area (Å²) in [6.45, 7) is 0. The van der Waals surface area contributed by atoms with Crippen molar-refractivity contribution in [3.8, 4) is 5.75 Å². The lowest BCUT2D eigenvalue weighted by molar-refractivity contribution is -0.447. The van der Waals surface area contributed by atoms with Crippen molar-refractivity contribution in [2.75, 3.05) is 20.0 Å². The summed E-state index contributed by atoms with van der Waals surface area (Å²) in [7, 11) is -2.04. The van der Waals surface area contributed by atoms with E-state index in [1.54, 1.807) is 54.6 Å². The predicted molar refractivity (Wildman–Crippen MR) is 140 cm³/mol. The summed E-state index contributed by atoms with van der Waals surface area (Å²) in [5.41, 5.74) is 6.96. The van der Waals surface area contributed by atoms with Crippen molar-refractivity contribution in [2.45, 2.75) is 9.79 Å². The van der Waals surface area contributed by atoms with Crippen molar-refractivity contribution in [1.82, 2.24) is 0 Å². The fraction of sp³-hybridized carbons (Fsp3) is 0.0833. The van der Waals surface area contributed by atoms with Gasteiger partial charge in [-0.1, -0.05) is 41.4 Å². The van der Waals surface area contributed by atoms with Crippen LogP contribution in [0.3, 0.4) is 0 Å². The van der Waals surface area contributed by atoms with Crippen LogP contribution in [0.5, 0.6) is 5.75 Å². The first kappa shape index (κ1) is 27.1. The van der Waals surface area contributed by atoms with Crippen LogP contribution in [-0.4, -0.2) is 27.7 Å². The van der Waals surface area contributed by atoms with E-state index in [9.17, 15) is 13.5 Å².